The van der Waals surface area contributed by atoms with Gasteiger partial charge >= 0.3 is 0 Å². The Morgan fingerprint density at radius 3 is 2.50 bits per heavy atom. The SMILES string of the molecule is CC(C)(CCCO)CNCCc1ccc([N+](=O)[O-])cc1. The molecule has 0 unspecified atom stereocenters. The average molecular weight is 280 g/mol. The van der Waals surface area contributed by atoms with Crippen molar-refractivity contribution in [3.05, 3.63) is 39.9 Å². The van der Waals surface area contributed by atoms with E-state index in [1.54, 1.807) is 24.3 Å². The zero-order valence-corrected chi connectivity index (χ0v) is 12.3. The third kappa shape index (κ3) is 6.12. The third-order valence-electron chi connectivity index (χ3n) is 3.35. The van der Waals surface area contributed by atoms with E-state index >= 15 is 0 Å². The first-order valence-corrected chi connectivity index (χ1v) is 6.99. The molecule has 0 fully saturated rings. The van der Waals surface area contributed by atoms with Crippen LogP contribution in [0.4, 0.5) is 5.69 Å². The van der Waals surface area contributed by atoms with Crippen LogP contribution >= 0.6 is 0 Å². The molecule has 1 aromatic rings. The molecule has 0 aliphatic heterocycles. The summed E-state index contributed by atoms with van der Waals surface area (Å²) >= 11 is 0. The molecule has 5 nitrogen and oxygen atoms in total. The Bertz CT molecular complexity index is 416. The number of nitro groups is 1. The number of rotatable bonds is 9. The number of aliphatic hydroxyl groups excluding tert-OH is 1. The zero-order valence-electron chi connectivity index (χ0n) is 12.3. The molecule has 0 spiro atoms. The lowest BCUT2D eigenvalue weighted by atomic mass is 9.88. The van der Waals surface area contributed by atoms with E-state index in [-0.39, 0.29) is 22.6 Å². The van der Waals surface area contributed by atoms with Gasteiger partial charge in [-0.1, -0.05) is 26.0 Å². The van der Waals surface area contributed by atoms with E-state index in [0.717, 1.165) is 37.9 Å². The van der Waals surface area contributed by atoms with E-state index in [1.165, 1.54) is 0 Å². The Kier molecular flexibility index (Phi) is 6.61. The van der Waals surface area contributed by atoms with Crippen LogP contribution < -0.4 is 5.32 Å². The standard InChI is InChI=1S/C15H24N2O3/c1-15(2,9-3-11-18)12-16-10-8-13-4-6-14(7-5-13)17(19)20/h4-7,16,18H,3,8-12H2,1-2H3. The summed E-state index contributed by atoms with van der Waals surface area (Å²) < 4.78 is 0. The zero-order chi connectivity index (χ0) is 15.0. The van der Waals surface area contributed by atoms with E-state index in [0.29, 0.717) is 0 Å². The number of hydrogen-bond donors (Lipinski definition) is 2. The van der Waals surface area contributed by atoms with Crippen molar-refractivity contribution in [2.75, 3.05) is 19.7 Å². The third-order valence-corrected chi connectivity index (χ3v) is 3.35. The molecule has 0 saturated carbocycles. The predicted octanol–water partition coefficient (Wildman–Crippen LogP) is 2.53. The number of nitrogens with zero attached hydrogens (tertiary/aromatic N) is 1. The first kappa shape index (κ1) is 16.6. The highest BCUT2D eigenvalue weighted by Gasteiger charge is 2.16. The molecule has 0 atom stereocenters. The lowest BCUT2D eigenvalue weighted by molar-refractivity contribution is -0.384. The van der Waals surface area contributed by atoms with E-state index in [1.807, 2.05) is 0 Å². The van der Waals surface area contributed by atoms with Gasteiger partial charge in [0.2, 0.25) is 0 Å². The van der Waals surface area contributed by atoms with E-state index < -0.39 is 0 Å². The first-order valence-electron chi connectivity index (χ1n) is 6.99. The smallest absolute Gasteiger partial charge is 0.269 e. The maximum absolute atomic E-state index is 10.5. The molecule has 0 aliphatic carbocycles. The van der Waals surface area contributed by atoms with Crippen LogP contribution in [0.2, 0.25) is 0 Å². The Morgan fingerprint density at radius 2 is 1.95 bits per heavy atom. The molecule has 0 radical (unpaired) electrons. The highest BCUT2D eigenvalue weighted by molar-refractivity contribution is 5.32. The fraction of sp³-hybridized carbons (Fsp3) is 0.600. The fourth-order valence-corrected chi connectivity index (χ4v) is 2.09. The molecule has 0 heterocycles. The summed E-state index contributed by atoms with van der Waals surface area (Å²) in [6, 6.07) is 6.69. The molecule has 1 rings (SSSR count). The van der Waals surface area contributed by atoms with Gasteiger partial charge < -0.3 is 10.4 Å². The second kappa shape index (κ2) is 7.97. The van der Waals surface area contributed by atoms with Gasteiger partial charge in [-0.2, -0.15) is 0 Å². The average Bonchev–Trinajstić information content (AvgIpc) is 2.42. The Balaban J connectivity index is 2.28. The molecule has 0 aromatic heterocycles. The van der Waals surface area contributed by atoms with Gasteiger partial charge in [0.25, 0.3) is 5.69 Å². The minimum absolute atomic E-state index is 0.131. The van der Waals surface area contributed by atoms with Gasteiger partial charge in [-0.3, -0.25) is 10.1 Å². The van der Waals surface area contributed by atoms with Gasteiger partial charge in [0.05, 0.1) is 4.92 Å². The molecule has 0 amide bonds. The number of hydrogen-bond acceptors (Lipinski definition) is 4. The second-order valence-corrected chi connectivity index (χ2v) is 5.84. The van der Waals surface area contributed by atoms with Gasteiger partial charge in [-0.05, 0) is 36.8 Å². The number of aliphatic hydroxyl groups is 1. The fourth-order valence-electron chi connectivity index (χ4n) is 2.09. The molecule has 0 saturated heterocycles. The molecule has 0 bridgehead atoms. The minimum atomic E-state index is -0.383. The lowest BCUT2D eigenvalue weighted by Gasteiger charge is -2.24. The second-order valence-electron chi connectivity index (χ2n) is 5.84. The molecule has 112 valence electrons. The molecule has 20 heavy (non-hydrogen) atoms. The molecule has 5 heteroatoms. The molecule has 2 N–H and O–H groups in total. The van der Waals surface area contributed by atoms with Crippen molar-refractivity contribution in [3.8, 4) is 0 Å². The van der Waals surface area contributed by atoms with Crippen molar-refractivity contribution in [2.45, 2.75) is 33.1 Å². The number of nitro benzene ring substituents is 1. The molecular weight excluding hydrogens is 256 g/mol. The van der Waals surface area contributed by atoms with Crippen molar-refractivity contribution in [2.24, 2.45) is 5.41 Å². The van der Waals surface area contributed by atoms with Crippen LogP contribution in [-0.4, -0.2) is 29.7 Å². The summed E-state index contributed by atoms with van der Waals surface area (Å²) in [6.45, 7) is 6.36. The Labute approximate surface area is 120 Å². The Hall–Kier alpha value is -1.46. The number of benzene rings is 1. The first-order chi connectivity index (χ1) is 9.44. The Morgan fingerprint density at radius 1 is 1.30 bits per heavy atom. The van der Waals surface area contributed by atoms with Crippen LogP contribution in [-0.2, 0) is 6.42 Å². The van der Waals surface area contributed by atoms with Crippen LogP contribution in [0, 0.1) is 15.5 Å². The quantitative estimate of drug-likeness (QED) is 0.414. The molecular formula is C15H24N2O3. The highest BCUT2D eigenvalue weighted by Crippen LogP contribution is 2.20. The van der Waals surface area contributed by atoms with Gasteiger partial charge in [-0.25, -0.2) is 0 Å². The summed E-state index contributed by atoms with van der Waals surface area (Å²) in [4.78, 5) is 10.2. The van der Waals surface area contributed by atoms with Gasteiger partial charge in [-0.15, -0.1) is 0 Å². The van der Waals surface area contributed by atoms with Crippen molar-refractivity contribution >= 4 is 5.69 Å². The van der Waals surface area contributed by atoms with Gasteiger partial charge in [0.15, 0.2) is 0 Å². The van der Waals surface area contributed by atoms with Gasteiger partial charge in [0.1, 0.15) is 0 Å². The van der Waals surface area contributed by atoms with Crippen molar-refractivity contribution in [3.63, 3.8) is 0 Å². The van der Waals surface area contributed by atoms with E-state index in [2.05, 4.69) is 19.2 Å². The predicted molar refractivity (Wildman–Crippen MR) is 79.8 cm³/mol. The number of non-ortho nitro benzene ring substituents is 1. The van der Waals surface area contributed by atoms with Crippen LogP contribution in [0.3, 0.4) is 0 Å². The molecule has 0 aliphatic rings. The maximum Gasteiger partial charge on any atom is 0.269 e. The van der Waals surface area contributed by atoms with Crippen LogP contribution in [0.5, 0.6) is 0 Å². The minimum Gasteiger partial charge on any atom is -0.396 e. The lowest BCUT2D eigenvalue weighted by Crippen LogP contribution is -2.31. The van der Waals surface area contributed by atoms with Crippen molar-refractivity contribution in [1.82, 2.24) is 5.32 Å². The summed E-state index contributed by atoms with van der Waals surface area (Å²) in [5, 5.41) is 22.8. The van der Waals surface area contributed by atoms with Gasteiger partial charge in [0, 0.05) is 25.3 Å². The summed E-state index contributed by atoms with van der Waals surface area (Å²) in [5.74, 6) is 0. The summed E-state index contributed by atoms with van der Waals surface area (Å²) in [7, 11) is 0. The van der Waals surface area contributed by atoms with Crippen molar-refractivity contribution in [1.29, 1.82) is 0 Å². The largest absolute Gasteiger partial charge is 0.396 e. The monoisotopic (exact) mass is 280 g/mol. The normalized spacial score (nSPS) is 11.6. The van der Waals surface area contributed by atoms with Crippen LogP contribution in [0.25, 0.3) is 0 Å². The van der Waals surface area contributed by atoms with E-state index in [9.17, 15) is 10.1 Å². The summed E-state index contributed by atoms with van der Waals surface area (Å²) in [6.07, 6.45) is 2.68. The maximum atomic E-state index is 10.5. The van der Waals surface area contributed by atoms with Crippen molar-refractivity contribution < 1.29 is 10.0 Å². The van der Waals surface area contributed by atoms with Crippen LogP contribution in [0.15, 0.2) is 24.3 Å². The van der Waals surface area contributed by atoms with E-state index in [4.69, 9.17) is 5.11 Å². The summed E-state index contributed by atoms with van der Waals surface area (Å²) in [5.41, 5.74) is 1.40. The van der Waals surface area contributed by atoms with Crippen LogP contribution in [0.1, 0.15) is 32.3 Å². The number of nitrogens with one attached hydrogen (secondary N) is 1. The highest BCUT2D eigenvalue weighted by atomic mass is 16.6. The molecule has 1 aromatic carbocycles. The topological polar surface area (TPSA) is 75.4 Å².